The van der Waals surface area contributed by atoms with E-state index in [1.807, 2.05) is 0 Å². The molecule has 108 valence electrons. The number of guanidine groups is 1. The summed E-state index contributed by atoms with van der Waals surface area (Å²) >= 11 is 1.73. The van der Waals surface area contributed by atoms with E-state index in [1.165, 1.54) is 24.3 Å². The second-order valence-corrected chi connectivity index (χ2v) is 5.78. The van der Waals surface area contributed by atoms with Crippen molar-refractivity contribution in [2.75, 3.05) is 13.6 Å². The van der Waals surface area contributed by atoms with Crippen LogP contribution in [0.2, 0.25) is 0 Å². The number of hydrogen-bond acceptors (Lipinski definition) is 3. The van der Waals surface area contributed by atoms with Gasteiger partial charge < -0.3 is 10.6 Å². The van der Waals surface area contributed by atoms with Crippen LogP contribution in [0.5, 0.6) is 0 Å². The normalized spacial score (nSPS) is 11.9. The van der Waals surface area contributed by atoms with E-state index in [0.29, 0.717) is 5.92 Å². The third-order valence-electron chi connectivity index (χ3n) is 2.80. The van der Waals surface area contributed by atoms with E-state index in [9.17, 15) is 0 Å². The van der Waals surface area contributed by atoms with E-state index in [1.54, 1.807) is 18.4 Å². The molecule has 5 heteroatoms. The van der Waals surface area contributed by atoms with Crippen LogP contribution in [0, 0.1) is 0 Å². The van der Waals surface area contributed by atoms with Crippen LogP contribution in [0.25, 0.3) is 0 Å². The third kappa shape index (κ3) is 6.05. The van der Waals surface area contributed by atoms with Crippen LogP contribution in [-0.2, 0) is 6.54 Å². The van der Waals surface area contributed by atoms with E-state index in [0.717, 1.165) is 24.7 Å². The van der Waals surface area contributed by atoms with Crippen molar-refractivity contribution in [1.82, 2.24) is 15.6 Å². The van der Waals surface area contributed by atoms with Gasteiger partial charge in [0.25, 0.3) is 0 Å². The van der Waals surface area contributed by atoms with Gasteiger partial charge in [-0.2, -0.15) is 0 Å². The molecule has 0 aliphatic rings. The maximum atomic E-state index is 4.60. The highest BCUT2D eigenvalue weighted by molar-refractivity contribution is 7.09. The number of hydrogen-bond donors (Lipinski definition) is 2. The van der Waals surface area contributed by atoms with Gasteiger partial charge in [0.1, 0.15) is 0 Å². The lowest BCUT2D eigenvalue weighted by Gasteiger charge is -2.10. The van der Waals surface area contributed by atoms with Crippen molar-refractivity contribution >= 4 is 17.3 Å². The summed E-state index contributed by atoms with van der Waals surface area (Å²) in [5.41, 5.74) is 1.09. The summed E-state index contributed by atoms with van der Waals surface area (Å²) < 4.78 is 0. The number of aromatic nitrogens is 1. The lowest BCUT2D eigenvalue weighted by atomic mass is 10.2. The minimum absolute atomic E-state index is 0.505. The quantitative estimate of drug-likeness (QED) is 0.459. The lowest BCUT2D eigenvalue weighted by Crippen LogP contribution is -2.37. The van der Waals surface area contributed by atoms with Crippen molar-refractivity contribution in [2.24, 2.45) is 4.99 Å². The topological polar surface area (TPSA) is 49.3 Å². The molecule has 1 aromatic rings. The first-order valence-corrected chi connectivity index (χ1v) is 7.94. The van der Waals surface area contributed by atoms with E-state index in [-0.39, 0.29) is 0 Å². The Bertz CT molecular complexity index is 385. The molecule has 1 heterocycles. The smallest absolute Gasteiger partial charge is 0.191 e. The fraction of sp³-hybridized carbons (Fsp3) is 0.714. The minimum atomic E-state index is 0.505. The number of nitrogens with zero attached hydrogens (tertiary/aromatic N) is 2. The number of aliphatic imine (C=N–C) groups is 1. The lowest BCUT2D eigenvalue weighted by molar-refractivity contribution is 0.681. The fourth-order valence-electron chi connectivity index (χ4n) is 1.65. The molecule has 0 fully saturated rings. The minimum Gasteiger partial charge on any atom is -0.356 e. The molecule has 0 unspecified atom stereocenters. The van der Waals surface area contributed by atoms with Crippen molar-refractivity contribution in [3.05, 3.63) is 16.1 Å². The molecule has 0 aliphatic heterocycles. The molecule has 1 rings (SSSR count). The van der Waals surface area contributed by atoms with Crippen molar-refractivity contribution in [3.63, 3.8) is 0 Å². The van der Waals surface area contributed by atoms with Crippen LogP contribution >= 0.6 is 11.3 Å². The molecule has 0 radical (unpaired) electrons. The van der Waals surface area contributed by atoms with Gasteiger partial charge in [-0.05, 0) is 6.42 Å². The van der Waals surface area contributed by atoms with Gasteiger partial charge in [0.05, 0.1) is 17.2 Å². The van der Waals surface area contributed by atoms with Crippen LogP contribution in [-0.4, -0.2) is 24.5 Å². The summed E-state index contributed by atoms with van der Waals surface area (Å²) in [7, 11) is 1.80. The molecule has 1 aromatic heterocycles. The highest BCUT2D eigenvalue weighted by Crippen LogP contribution is 2.18. The highest BCUT2D eigenvalue weighted by Gasteiger charge is 2.06. The maximum Gasteiger partial charge on any atom is 0.191 e. The molecular formula is C14H26N4S. The SMILES string of the molecule is CCCCCNC(=NC)NCc1csc(C(C)C)n1. The van der Waals surface area contributed by atoms with Gasteiger partial charge in [0.2, 0.25) is 0 Å². The van der Waals surface area contributed by atoms with Crippen molar-refractivity contribution < 1.29 is 0 Å². The molecule has 4 nitrogen and oxygen atoms in total. The summed E-state index contributed by atoms with van der Waals surface area (Å²) in [5.74, 6) is 1.36. The van der Waals surface area contributed by atoms with Crippen LogP contribution in [0.4, 0.5) is 0 Å². The highest BCUT2D eigenvalue weighted by atomic mass is 32.1. The van der Waals surface area contributed by atoms with Crippen molar-refractivity contribution in [3.8, 4) is 0 Å². The first-order valence-electron chi connectivity index (χ1n) is 7.06. The first-order chi connectivity index (χ1) is 9.17. The van der Waals surface area contributed by atoms with Gasteiger partial charge in [-0.25, -0.2) is 4.98 Å². The Kier molecular flexibility index (Phi) is 7.48. The van der Waals surface area contributed by atoms with E-state index >= 15 is 0 Å². The second-order valence-electron chi connectivity index (χ2n) is 4.89. The Balaban J connectivity index is 2.32. The van der Waals surface area contributed by atoms with E-state index < -0.39 is 0 Å². The van der Waals surface area contributed by atoms with E-state index in [4.69, 9.17) is 0 Å². The molecular weight excluding hydrogens is 256 g/mol. The molecule has 0 saturated heterocycles. The van der Waals surface area contributed by atoms with Crippen LogP contribution in [0.1, 0.15) is 56.7 Å². The Hall–Kier alpha value is -1.10. The fourth-order valence-corrected chi connectivity index (χ4v) is 2.48. The molecule has 19 heavy (non-hydrogen) atoms. The summed E-state index contributed by atoms with van der Waals surface area (Å²) in [6, 6.07) is 0. The zero-order chi connectivity index (χ0) is 14.1. The largest absolute Gasteiger partial charge is 0.356 e. The molecule has 2 N–H and O–H groups in total. The van der Waals surface area contributed by atoms with Gasteiger partial charge in [-0.15, -0.1) is 11.3 Å². The van der Waals surface area contributed by atoms with Gasteiger partial charge >= 0.3 is 0 Å². The van der Waals surface area contributed by atoms with E-state index in [2.05, 4.69) is 46.8 Å². The van der Waals surface area contributed by atoms with Crippen molar-refractivity contribution in [2.45, 2.75) is 52.5 Å². The average molecular weight is 282 g/mol. The zero-order valence-corrected chi connectivity index (χ0v) is 13.3. The number of rotatable bonds is 7. The Morgan fingerprint density at radius 3 is 2.74 bits per heavy atom. The Morgan fingerprint density at radius 2 is 2.16 bits per heavy atom. The van der Waals surface area contributed by atoms with Gasteiger partial charge in [0.15, 0.2) is 5.96 Å². The predicted octanol–water partition coefficient (Wildman–Crippen LogP) is 3.12. The Labute approximate surface area is 120 Å². The average Bonchev–Trinajstić information content (AvgIpc) is 2.87. The molecule has 0 spiro atoms. The standard InChI is InChI=1S/C14H26N4S/c1-5-6-7-8-16-14(15-4)17-9-12-10-19-13(18-12)11(2)3/h10-11H,5-9H2,1-4H3,(H2,15,16,17). The number of unbranched alkanes of at least 4 members (excludes halogenated alkanes) is 2. The molecule has 0 bridgehead atoms. The molecule has 0 aliphatic carbocycles. The monoisotopic (exact) mass is 282 g/mol. The number of nitrogens with one attached hydrogen (secondary N) is 2. The Morgan fingerprint density at radius 1 is 1.37 bits per heavy atom. The summed E-state index contributed by atoms with van der Waals surface area (Å²) in [6.45, 7) is 8.26. The van der Waals surface area contributed by atoms with Crippen molar-refractivity contribution in [1.29, 1.82) is 0 Å². The van der Waals surface area contributed by atoms with Crippen LogP contribution in [0.3, 0.4) is 0 Å². The molecule has 0 aromatic carbocycles. The number of thiazole rings is 1. The molecule has 0 atom stereocenters. The molecule has 0 amide bonds. The summed E-state index contributed by atoms with van der Waals surface area (Å²) in [5, 5.41) is 9.93. The summed E-state index contributed by atoms with van der Waals surface area (Å²) in [6.07, 6.45) is 3.68. The zero-order valence-electron chi connectivity index (χ0n) is 12.5. The van der Waals surface area contributed by atoms with Crippen LogP contribution in [0.15, 0.2) is 10.4 Å². The maximum absolute atomic E-state index is 4.60. The third-order valence-corrected chi connectivity index (χ3v) is 3.99. The van der Waals surface area contributed by atoms with Gasteiger partial charge in [0, 0.05) is 24.9 Å². The molecule has 0 saturated carbocycles. The second kappa shape index (κ2) is 8.91. The summed E-state index contributed by atoms with van der Waals surface area (Å²) in [4.78, 5) is 8.81. The predicted molar refractivity (Wildman–Crippen MR) is 83.9 cm³/mol. The van der Waals surface area contributed by atoms with Gasteiger partial charge in [-0.3, -0.25) is 4.99 Å². The van der Waals surface area contributed by atoms with Gasteiger partial charge in [-0.1, -0.05) is 33.6 Å². The first kappa shape index (κ1) is 16.0. The van der Waals surface area contributed by atoms with Crippen LogP contribution < -0.4 is 10.6 Å².